The first-order chi connectivity index (χ1) is 7.65. The summed E-state index contributed by atoms with van der Waals surface area (Å²) in [5.74, 6) is 0.541. The van der Waals surface area contributed by atoms with Crippen LogP contribution in [-0.2, 0) is 6.42 Å². The first kappa shape index (κ1) is 11.0. The molecule has 16 heavy (non-hydrogen) atoms. The molecule has 1 aromatic heterocycles. The van der Waals surface area contributed by atoms with E-state index in [9.17, 15) is 0 Å². The first-order valence-electron chi connectivity index (χ1n) is 4.89. The normalized spacial score (nSPS) is 10.3. The average Bonchev–Trinajstić information content (AvgIpc) is 2.27. The Kier molecular flexibility index (Phi) is 3.10. The van der Waals surface area contributed by atoms with Gasteiger partial charge in [-0.25, -0.2) is 4.98 Å². The highest BCUT2D eigenvalue weighted by atomic mass is 79.9. The standard InChI is InChI=1S/C12H12BrN3/c13-10-3-1-8(6-11(10)14)5-9-2-4-12(15)16-7-9/h1-4,6-7H,5,14H2,(H2,15,16). The second kappa shape index (κ2) is 4.53. The van der Waals surface area contributed by atoms with Gasteiger partial charge in [0.1, 0.15) is 5.82 Å². The zero-order valence-electron chi connectivity index (χ0n) is 8.65. The van der Waals surface area contributed by atoms with Gasteiger partial charge in [-0.15, -0.1) is 0 Å². The molecular weight excluding hydrogens is 266 g/mol. The van der Waals surface area contributed by atoms with Gasteiger partial charge in [0.05, 0.1) is 0 Å². The largest absolute Gasteiger partial charge is 0.398 e. The Morgan fingerprint density at radius 2 is 1.81 bits per heavy atom. The Morgan fingerprint density at radius 3 is 2.44 bits per heavy atom. The van der Waals surface area contributed by atoms with Crippen molar-refractivity contribution in [1.82, 2.24) is 4.98 Å². The van der Waals surface area contributed by atoms with E-state index in [1.807, 2.05) is 24.3 Å². The number of benzene rings is 1. The predicted molar refractivity (Wildman–Crippen MR) is 70.0 cm³/mol. The van der Waals surface area contributed by atoms with Gasteiger partial charge in [0, 0.05) is 16.4 Å². The molecule has 0 unspecified atom stereocenters. The summed E-state index contributed by atoms with van der Waals surface area (Å²) in [6.45, 7) is 0. The van der Waals surface area contributed by atoms with Crippen molar-refractivity contribution in [3.8, 4) is 0 Å². The number of nitrogens with zero attached hydrogens (tertiary/aromatic N) is 1. The smallest absolute Gasteiger partial charge is 0.123 e. The van der Waals surface area contributed by atoms with Crippen molar-refractivity contribution in [3.63, 3.8) is 0 Å². The maximum atomic E-state index is 5.82. The van der Waals surface area contributed by atoms with Crippen LogP contribution in [-0.4, -0.2) is 4.98 Å². The molecule has 0 bridgehead atoms. The van der Waals surface area contributed by atoms with Gasteiger partial charge in [-0.3, -0.25) is 0 Å². The lowest BCUT2D eigenvalue weighted by atomic mass is 10.1. The van der Waals surface area contributed by atoms with E-state index in [2.05, 4.69) is 20.9 Å². The topological polar surface area (TPSA) is 64.9 Å². The Labute approximate surface area is 103 Å². The molecule has 82 valence electrons. The summed E-state index contributed by atoms with van der Waals surface area (Å²) in [7, 11) is 0. The average molecular weight is 278 g/mol. The van der Waals surface area contributed by atoms with E-state index < -0.39 is 0 Å². The predicted octanol–water partition coefficient (Wildman–Crippen LogP) is 2.60. The number of halogens is 1. The van der Waals surface area contributed by atoms with Gasteiger partial charge in [0.15, 0.2) is 0 Å². The van der Waals surface area contributed by atoms with Crippen LogP contribution in [0.3, 0.4) is 0 Å². The fraction of sp³-hybridized carbons (Fsp3) is 0.0833. The van der Waals surface area contributed by atoms with Crippen LogP contribution in [0.25, 0.3) is 0 Å². The Balaban J connectivity index is 2.20. The summed E-state index contributed by atoms with van der Waals surface area (Å²) in [4.78, 5) is 4.05. The Morgan fingerprint density at radius 1 is 1.06 bits per heavy atom. The zero-order chi connectivity index (χ0) is 11.5. The fourth-order valence-electron chi connectivity index (χ4n) is 1.48. The summed E-state index contributed by atoms with van der Waals surface area (Å²) in [6, 6.07) is 9.73. The lowest BCUT2D eigenvalue weighted by molar-refractivity contribution is 1.15. The summed E-state index contributed by atoms with van der Waals surface area (Å²) < 4.78 is 0.923. The van der Waals surface area contributed by atoms with Crippen LogP contribution in [0.1, 0.15) is 11.1 Å². The van der Waals surface area contributed by atoms with Crippen molar-refractivity contribution in [2.24, 2.45) is 0 Å². The van der Waals surface area contributed by atoms with Gasteiger partial charge >= 0.3 is 0 Å². The van der Waals surface area contributed by atoms with Crippen LogP contribution in [0.2, 0.25) is 0 Å². The third-order valence-corrected chi connectivity index (χ3v) is 3.04. The number of hydrogen-bond donors (Lipinski definition) is 2. The SMILES string of the molecule is Nc1ccc(Cc2ccc(Br)c(N)c2)cn1. The molecule has 1 heterocycles. The van der Waals surface area contributed by atoms with Crippen LogP contribution in [0, 0.1) is 0 Å². The summed E-state index contributed by atoms with van der Waals surface area (Å²) in [5, 5.41) is 0. The number of aromatic nitrogens is 1. The molecule has 0 saturated heterocycles. The molecule has 0 aliphatic rings. The second-order valence-electron chi connectivity index (χ2n) is 3.62. The number of nitrogen functional groups attached to an aromatic ring is 2. The van der Waals surface area contributed by atoms with E-state index in [1.165, 1.54) is 0 Å². The zero-order valence-corrected chi connectivity index (χ0v) is 10.2. The van der Waals surface area contributed by atoms with E-state index in [4.69, 9.17) is 11.5 Å². The van der Waals surface area contributed by atoms with Crippen LogP contribution in [0.15, 0.2) is 41.0 Å². The van der Waals surface area contributed by atoms with Gasteiger partial charge in [0.2, 0.25) is 0 Å². The minimum atomic E-state index is 0.541. The van der Waals surface area contributed by atoms with E-state index in [-0.39, 0.29) is 0 Å². The number of anilines is 2. The first-order valence-corrected chi connectivity index (χ1v) is 5.69. The Bertz CT molecular complexity index is 494. The highest BCUT2D eigenvalue weighted by Gasteiger charge is 2.00. The Hall–Kier alpha value is -1.55. The molecule has 0 amide bonds. The van der Waals surface area contributed by atoms with Crippen molar-refractivity contribution < 1.29 is 0 Å². The van der Waals surface area contributed by atoms with Gasteiger partial charge in [-0.05, 0) is 51.7 Å². The quantitative estimate of drug-likeness (QED) is 0.830. The van der Waals surface area contributed by atoms with E-state index in [0.717, 1.165) is 27.7 Å². The molecular formula is C12H12BrN3. The monoisotopic (exact) mass is 277 g/mol. The molecule has 2 rings (SSSR count). The molecule has 0 aliphatic heterocycles. The van der Waals surface area contributed by atoms with Gasteiger partial charge in [-0.2, -0.15) is 0 Å². The lowest BCUT2D eigenvalue weighted by Crippen LogP contribution is -1.94. The molecule has 0 fully saturated rings. The minimum absolute atomic E-state index is 0.541. The fourth-order valence-corrected chi connectivity index (χ4v) is 1.73. The molecule has 0 saturated carbocycles. The lowest BCUT2D eigenvalue weighted by Gasteiger charge is -2.04. The van der Waals surface area contributed by atoms with Gasteiger partial charge in [-0.1, -0.05) is 12.1 Å². The summed E-state index contributed by atoms with van der Waals surface area (Å²) in [5.41, 5.74) is 14.4. The maximum Gasteiger partial charge on any atom is 0.123 e. The van der Waals surface area contributed by atoms with E-state index in [1.54, 1.807) is 12.3 Å². The molecule has 1 aromatic carbocycles. The molecule has 4 N–H and O–H groups in total. The highest BCUT2D eigenvalue weighted by molar-refractivity contribution is 9.10. The van der Waals surface area contributed by atoms with Crippen molar-refractivity contribution in [3.05, 3.63) is 52.1 Å². The third-order valence-electron chi connectivity index (χ3n) is 2.32. The van der Waals surface area contributed by atoms with E-state index >= 15 is 0 Å². The highest BCUT2D eigenvalue weighted by Crippen LogP contribution is 2.21. The summed E-state index contributed by atoms with van der Waals surface area (Å²) >= 11 is 3.37. The number of nitrogens with two attached hydrogens (primary N) is 2. The van der Waals surface area contributed by atoms with Crippen molar-refractivity contribution >= 4 is 27.4 Å². The molecule has 4 heteroatoms. The van der Waals surface area contributed by atoms with Gasteiger partial charge in [0.25, 0.3) is 0 Å². The molecule has 3 nitrogen and oxygen atoms in total. The minimum Gasteiger partial charge on any atom is -0.398 e. The van der Waals surface area contributed by atoms with Crippen LogP contribution < -0.4 is 11.5 Å². The van der Waals surface area contributed by atoms with Gasteiger partial charge < -0.3 is 11.5 Å². The second-order valence-corrected chi connectivity index (χ2v) is 4.48. The van der Waals surface area contributed by atoms with Crippen molar-refractivity contribution in [1.29, 1.82) is 0 Å². The number of pyridine rings is 1. The van der Waals surface area contributed by atoms with Crippen molar-refractivity contribution in [2.45, 2.75) is 6.42 Å². The van der Waals surface area contributed by atoms with Crippen LogP contribution in [0.5, 0.6) is 0 Å². The number of hydrogen-bond acceptors (Lipinski definition) is 3. The maximum absolute atomic E-state index is 5.82. The molecule has 0 spiro atoms. The molecule has 0 aliphatic carbocycles. The van der Waals surface area contributed by atoms with Crippen LogP contribution >= 0.6 is 15.9 Å². The van der Waals surface area contributed by atoms with E-state index in [0.29, 0.717) is 5.82 Å². The summed E-state index contributed by atoms with van der Waals surface area (Å²) in [6.07, 6.45) is 2.60. The third kappa shape index (κ3) is 2.52. The van der Waals surface area contributed by atoms with Crippen molar-refractivity contribution in [2.75, 3.05) is 11.5 Å². The van der Waals surface area contributed by atoms with Crippen LogP contribution in [0.4, 0.5) is 11.5 Å². The molecule has 2 aromatic rings. The number of rotatable bonds is 2. The molecule has 0 atom stereocenters. The molecule has 0 radical (unpaired) electrons.